The fourth-order valence-electron chi connectivity index (χ4n) is 5.24. The van der Waals surface area contributed by atoms with Crippen LogP contribution in [0.1, 0.15) is 68.8 Å². The highest BCUT2D eigenvalue weighted by molar-refractivity contribution is 5.72. The van der Waals surface area contributed by atoms with Crippen molar-refractivity contribution in [2.75, 3.05) is 7.11 Å². The lowest BCUT2D eigenvalue weighted by molar-refractivity contribution is -0.0511. The highest BCUT2D eigenvalue weighted by Gasteiger charge is 2.35. The van der Waals surface area contributed by atoms with E-state index >= 15 is 0 Å². The van der Waals surface area contributed by atoms with Gasteiger partial charge in [-0.05, 0) is 72.3 Å². The van der Waals surface area contributed by atoms with Gasteiger partial charge in [-0.15, -0.1) is 5.10 Å². The molecule has 5 rings (SSSR count). The molecule has 0 radical (unpaired) electrons. The number of nitrogens with zero attached hydrogens (tertiary/aromatic N) is 4. The molecule has 1 saturated carbocycles. The van der Waals surface area contributed by atoms with Gasteiger partial charge in [-0.1, -0.05) is 25.1 Å². The summed E-state index contributed by atoms with van der Waals surface area (Å²) in [6.45, 7) is 4.42. The van der Waals surface area contributed by atoms with Crippen molar-refractivity contribution in [3.8, 4) is 17.3 Å². The molecule has 196 valence electrons. The van der Waals surface area contributed by atoms with Crippen LogP contribution >= 0.6 is 0 Å². The van der Waals surface area contributed by atoms with Crippen LogP contribution in [0.2, 0.25) is 0 Å². The van der Waals surface area contributed by atoms with Crippen molar-refractivity contribution in [2.24, 2.45) is 11.3 Å². The zero-order valence-corrected chi connectivity index (χ0v) is 21.4. The standard InChI is InChI=1S/C28H33FN4O4/c1-28(2)11-4-5-21(28)27-23(31-32-33(27)24-14-19(36-3)8-9-22(24)29)16-37-25-13-18(10-12-30-25)20(15-26(34)35)17-6-7-17/h5,8-10,12-14,17,20,26,34-35H,4,6-7,11,15-16H2,1-3H3. The second-order valence-corrected chi connectivity index (χ2v) is 10.5. The zero-order valence-electron chi connectivity index (χ0n) is 21.4. The van der Waals surface area contributed by atoms with Gasteiger partial charge in [0.2, 0.25) is 5.88 Å². The van der Waals surface area contributed by atoms with Gasteiger partial charge < -0.3 is 19.7 Å². The summed E-state index contributed by atoms with van der Waals surface area (Å²) < 4.78 is 27.9. The van der Waals surface area contributed by atoms with Crippen LogP contribution in [0.5, 0.6) is 11.6 Å². The highest BCUT2D eigenvalue weighted by Crippen LogP contribution is 2.46. The molecule has 37 heavy (non-hydrogen) atoms. The highest BCUT2D eigenvalue weighted by atomic mass is 19.1. The van der Waals surface area contributed by atoms with E-state index in [1.807, 2.05) is 12.1 Å². The number of benzene rings is 1. The summed E-state index contributed by atoms with van der Waals surface area (Å²) in [5.74, 6) is 1.00. The molecule has 0 aliphatic heterocycles. The van der Waals surface area contributed by atoms with E-state index in [2.05, 4.69) is 35.2 Å². The van der Waals surface area contributed by atoms with Crippen molar-refractivity contribution in [3.63, 3.8) is 0 Å². The minimum atomic E-state index is -1.36. The Bertz CT molecular complexity index is 1300. The fraction of sp³-hybridized carbons (Fsp3) is 0.464. The number of methoxy groups -OCH3 is 1. The maximum absolute atomic E-state index is 15.0. The van der Waals surface area contributed by atoms with Gasteiger partial charge in [0.25, 0.3) is 0 Å². The minimum Gasteiger partial charge on any atom is -0.497 e. The number of allylic oxidation sites excluding steroid dienone is 2. The predicted molar refractivity (Wildman–Crippen MR) is 136 cm³/mol. The van der Waals surface area contributed by atoms with Crippen LogP contribution in [-0.2, 0) is 6.61 Å². The summed E-state index contributed by atoms with van der Waals surface area (Å²) in [6.07, 6.45) is 6.80. The van der Waals surface area contributed by atoms with E-state index < -0.39 is 12.1 Å². The Balaban J connectivity index is 1.46. The van der Waals surface area contributed by atoms with E-state index in [0.717, 1.165) is 36.8 Å². The molecule has 0 spiro atoms. The lowest BCUT2D eigenvalue weighted by atomic mass is 9.83. The molecule has 8 nitrogen and oxygen atoms in total. The second-order valence-electron chi connectivity index (χ2n) is 10.5. The van der Waals surface area contributed by atoms with Crippen molar-refractivity contribution < 1.29 is 24.1 Å². The summed E-state index contributed by atoms with van der Waals surface area (Å²) in [4.78, 5) is 4.36. The van der Waals surface area contributed by atoms with Crippen molar-refractivity contribution in [1.29, 1.82) is 0 Å². The SMILES string of the molecule is COc1ccc(F)c(-n2nnc(COc3cc(C(CC(O)O)C4CC4)ccn3)c2C2=CCCC2(C)C)c1. The first-order valence-electron chi connectivity index (χ1n) is 12.7. The number of ether oxygens (including phenoxy) is 2. The predicted octanol–water partition coefficient (Wildman–Crippen LogP) is 4.79. The molecule has 2 aromatic heterocycles. The Morgan fingerprint density at radius 3 is 2.68 bits per heavy atom. The van der Waals surface area contributed by atoms with Gasteiger partial charge in [0.15, 0.2) is 6.29 Å². The molecule has 0 saturated heterocycles. The first-order valence-corrected chi connectivity index (χ1v) is 12.7. The summed E-state index contributed by atoms with van der Waals surface area (Å²) in [6, 6.07) is 8.30. The Hall–Kier alpha value is -3.30. The van der Waals surface area contributed by atoms with Crippen LogP contribution in [0.3, 0.4) is 0 Å². The van der Waals surface area contributed by atoms with E-state index in [1.165, 1.54) is 17.9 Å². The van der Waals surface area contributed by atoms with E-state index in [1.54, 1.807) is 18.3 Å². The first kappa shape index (κ1) is 25.4. The third-order valence-electron chi connectivity index (χ3n) is 7.42. The first-order chi connectivity index (χ1) is 17.8. The maximum atomic E-state index is 15.0. The largest absolute Gasteiger partial charge is 0.497 e. The van der Waals surface area contributed by atoms with Gasteiger partial charge in [0, 0.05) is 24.8 Å². The van der Waals surface area contributed by atoms with Gasteiger partial charge in [0.05, 0.1) is 12.8 Å². The Labute approximate surface area is 215 Å². The normalized spacial score (nSPS) is 17.6. The molecule has 2 aliphatic carbocycles. The van der Waals surface area contributed by atoms with Crippen LogP contribution in [0.15, 0.2) is 42.6 Å². The van der Waals surface area contributed by atoms with Gasteiger partial charge >= 0.3 is 0 Å². The molecule has 9 heteroatoms. The average molecular weight is 509 g/mol. The molecular weight excluding hydrogens is 475 g/mol. The molecule has 1 unspecified atom stereocenters. The molecule has 2 N–H and O–H groups in total. The third-order valence-corrected chi connectivity index (χ3v) is 7.42. The Morgan fingerprint density at radius 2 is 2.00 bits per heavy atom. The van der Waals surface area contributed by atoms with Crippen LogP contribution in [0, 0.1) is 17.2 Å². The number of halogens is 1. The molecule has 1 atom stereocenters. The summed E-state index contributed by atoms with van der Waals surface area (Å²) in [7, 11) is 1.54. The van der Waals surface area contributed by atoms with Crippen LogP contribution in [0.25, 0.3) is 11.3 Å². The van der Waals surface area contributed by atoms with E-state index in [9.17, 15) is 14.6 Å². The smallest absolute Gasteiger partial charge is 0.213 e. The van der Waals surface area contributed by atoms with Crippen molar-refractivity contribution >= 4 is 5.57 Å². The number of aliphatic hydroxyl groups excluding tert-OH is 1. The molecule has 1 aromatic carbocycles. The fourth-order valence-corrected chi connectivity index (χ4v) is 5.24. The topological polar surface area (TPSA) is 103 Å². The quantitative estimate of drug-likeness (QED) is 0.380. The van der Waals surface area contributed by atoms with Crippen molar-refractivity contribution in [2.45, 2.75) is 64.8 Å². The molecule has 1 fully saturated rings. The lowest BCUT2D eigenvalue weighted by Gasteiger charge is -2.24. The van der Waals surface area contributed by atoms with Crippen molar-refractivity contribution in [3.05, 3.63) is 65.4 Å². The molecular formula is C28H33FN4O4. The third kappa shape index (κ3) is 5.38. The van der Waals surface area contributed by atoms with Crippen LogP contribution in [-0.4, -0.2) is 43.6 Å². The molecule has 0 bridgehead atoms. The molecule has 3 aromatic rings. The molecule has 2 aliphatic rings. The number of aromatic nitrogens is 4. The van der Waals surface area contributed by atoms with Gasteiger partial charge in [-0.3, -0.25) is 0 Å². The zero-order chi connectivity index (χ0) is 26.2. The average Bonchev–Trinajstić information content (AvgIpc) is 3.54. The van der Waals surface area contributed by atoms with Gasteiger partial charge in [-0.25, -0.2) is 14.1 Å². The molecule has 0 amide bonds. The van der Waals surface area contributed by atoms with Gasteiger partial charge in [0.1, 0.15) is 29.6 Å². The number of rotatable bonds is 10. The van der Waals surface area contributed by atoms with Crippen LogP contribution in [0.4, 0.5) is 4.39 Å². The number of aliphatic hydroxyl groups is 2. The van der Waals surface area contributed by atoms with Crippen molar-refractivity contribution in [1.82, 2.24) is 20.0 Å². The van der Waals surface area contributed by atoms with E-state index in [-0.39, 0.29) is 30.0 Å². The number of hydrogen-bond donors (Lipinski definition) is 2. The van der Waals surface area contributed by atoms with Gasteiger partial charge in [-0.2, -0.15) is 0 Å². The van der Waals surface area contributed by atoms with E-state index in [0.29, 0.717) is 28.9 Å². The lowest BCUT2D eigenvalue weighted by Crippen LogP contribution is -2.15. The Kier molecular flexibility index (Phi) is 7.00. The Morgan fingerprint density at radius 1 is 1.19 bits per heavy atom. The minimum absolute atomic E-state index is 0.0438. The molecule has 2 heterocycles. The monoisotopic (exact) mass is 508 g/mol. The van der Waals surface area contributed by atoms with Crippen LogP contribution < -0.4 is 9.47 Å². The summed E-state index contributed by atoms with van der Waals surface area (Å²) >= 11 is 0. The summed E-state index contributed by atoms with van der Waals surface area (Å²) in [5.41, 5.74) is 3.44. The number of pyridine rings is 1. The second kappa shape index (κ2) is 10.2. The number of hydrogen-bond acceptors (Lipinski definition) is 7. The summed E-state index contributed by atoms with van der Waals surface area (Å²) in [5, 5.41) is 27.8. The maximum Gasteiger partial charge on any atom is 0.213 e. The van der Waals surface area contributed by atoms with E-state index in [4.69, 9.17) is 9.47 Å².